The molecule has 0 bridgehead atoms. The molecule has 176 valence electrons. The van der Waals surface area contributed by atoms with Crippen LogP contribution in [0.15, 0.2) is 11.6 Å². The predicted molar refractivity (Wildman–Crippen MR) is 126 cm³/mol. The average molecular weight is 431 g/mol. The molecule has 31 heavy (non-hydrogen) atoms. The maximum atomic E-state index is 13.6. The van der Waals surface area contributed by atoms with E-state index in [1.165, 1.54) is 24.8 Å². The second-order valence-electron chi connectivity index (χ2n) is 13.0. The van der Waals surface area contributed by atoms with E-state index < -0.39 is 11.2 Å². The summed E-state index contributed by atoms with van der Waals surface area (Å²) in [4.78, 5) is 13.6. The zero-order valence-corrected chi connectivity index (χ0v) is 20.8. The fraction of sp³-hybridized carbons (Fsp3) is 0.893. The van der Waals surface area contributed by atoms with Gasteiger partial charge in [-0.05, 0) is 119 Å². The molecule has 1 unspecified atom stereocenters. The topological polar surface area (TPSA) is 57.5 Å². The zero-order chi connectivity index (χ0) is 22.8. The van der Waals surface area contributed by atoms with E-state index in [1.807, 2.05) is 19.9 Å². The Balaban J connectivity index is 1.58. The number of rotatable bonds is 5. The summed E-state index contributed by atoms with van der Waals surface area (Å²) in [5, 5.41) is 21.2. The van der Waals surface area contributed by atoms with Gasteiger partial charge in [0.1, 0.15) is 0 Å². The highest BCUT2D eigenvalue weighted by atomic mass is 16.3. The van der Waals surface area contributed by atoms with Crippen molar-refractivity contribution >= 4 is 5.78 Å². The molecule has 3 saturated carbocycles. The number of hydrogen-bond acceptors (Lipinski definition) is 3. The summed E-state index contributed by atoms with van der Waals surface area (Å²) < 4.78 is 0. The van der Waals surface area contributed by atoms with Crippen molar-refractivity contribution in [3.05, 3.63) is 11.6 Å². The van der Waals surface area contributed by atoms with Crippen molar-refractivity contribution in [1.29, 1.82) is 0 Å². The van der Waals surface area contributed by atoms with Gasteiger partial charge in [0, 0.05) is 5.92 Å². The van der Waals surface area contributed by atoms with Gasteiger partial charge in [0.2, 0.25) is 0 Å². The Kier molecular flexibility index (Phi) is 5.83. The molecule has 0 heterocycles. The van der Waals surface area contributed by atoms with Crippen LogP contribution in [0.4, 0.5) is 0 Å². The maximum absolute atomic E-state index is 13.6. The van der Waals surface area contributed by atoms with Crippen molar-refractivity contribution in [2.45, 2.75) is 117 Å². The SMILES string of the molecule is CC[C@]1(O)CC[C@@]2(C)C(=CC(=O)[C@H]3C4CC[C@H]([C@H](C)CCC(C)(C)O)[C@@]4(C)CC[C@@H]32)C1. The molecule has 0 spiro atoms. The number of carbonyl (C=O) groups excluding carboxylic acids is 1. The van der Waals surface area contributed by atoms with E-state index in [2.05, 4.69) is 27.7 Å². The number of aliphatic hydroxyl groups is 2. The highest BCUT2D eigenvalue weighted by molar-refractivity contribution is 5.94. The monoisotopic (exact) mass is 430 g/mol. The highest BCUT2D eigenvalue weighted by Gasteiger charge is 2.62. The zero-order valence-electron chi connectivity index (χ0n) is 20.8. The quantitative estimate of drug-likeness (QED) is 0.556. The summed E-state index contributed by atoms with van der Waals surface area (Å²) in [5.41, 5.74) is 0.366. The van der Waals surface area contributed by atoms with Crippen LogP contribution in [0.1, 0.15) is 106 Å². The Morgan fingerprint density at radius 1 is 1.13 bits per heavy atom. The summed E-state index contributed by atoms with van der Waals surface area (Å²) in [6.45, 7) is 13.2. The smallest absolute Gasteiger partial charge is 0.159 e. The Bertz CT molecular complexity index is 748. The number of fused-ring (bicyclic) bond motifs is 5. The Hall–Kier alpha value is -0.670. The third-order valence-electron chi connectivity index (χ3n) is 10.7. The summed E-state index contributed by atoms with van der Waals surface area (Å²) in [5.74, 6) is 2.72. The van der Waals surface area contributed by atoms with Gasteiger partial charge >= 0.3 is 0 Å². The van der Waals surface area contributed by atoms with E-state index in [0.29, 0.717) is 35.9 Å². The molecule has 4 rings (SSSR count). The standard InChI is InChI=1S/C28H46O3/c1-7-28(31)15-14-26(5)19(17-28)16-23(29)24-21-9-8-20(18(2)10-12-25(3,4)30)27(21,6)13-11-22(24)26/h16,18,20-22,24,30-31H,7-15,17H2,1-6H3/t18-,20-,21?,22+,24+,26+,27-,28+/m1/s1. The Labute approximate surface area is 190 Å². The largest absolute Gasteiger partial charge is 0.390 e. The Morgan fingerprint density at radius 3 is 2.48 bits per heavy atom. The van der Waals surface area contributed by atoms with Crippen LogP contribution in [0.3, 0.4) is 0 Å². The van der Waals surface area contributed by atoms with Crippen molar-refractivity contribution < 1.29 is 15.0 Å². The van der Waals surface area contributed by atoms with Gasteiger partial charge in [-0.1, -0.05) is 33.3 Å². The summed E-state index contributed by atoms with van der Waals surface area (Å²) in [6.07, 6.45) is 12.0. The van der Waals surface area contributed by atoms with Gasteiger partial charge in [0.15, 0.2) is 5.78 Å². The average Bonchev–Trinajstić information content (AvgIpc) is 3.04. The molecule has 0 radical (unpaired) electrons. The lowest BCUT2D eigenvalue weighted by molar-refractivity contribution is -0.136. The lowest BCUT2D eigenvalue weighted by atomic mass is 9.46. The number of carbonyl (C=O) groups is 1. The minimum atomic E-state index is -0.615. The van der Waals surface area contributed by atoms with Crippen LogP contribution in [0.5, 0.6) is 0 Å². The van der Waals surface area contributed by atoms with Gasteiger partial charge in [0.05, 0.1) is 11.2 Å². The minimum absolute atomic E-state index is 0.0892. The molecule has 0 aromatic heterocycles. The van der Waals surface area contributed by atoms with Gasteiger partial charge in [-0.25, -0.2) is 0 Å². The first kappa shape index (κ1) is 23.5. The molecule has 3 fully saturated rings. The van der Waals surface area contributed by atoms with E-state index in [0.717, 1.165) is 38.5 Å². The molecule has 8 atom stereocenters. The van der Waals surface area contributed by atoms with Gasteiger partial charge < -0.3 is 10.2 Å². The van der Waals surface area contributed by atoms with Gasteiger partial charge in [0.25, 0.3) is 0 Å². The molecule has 0 amide bonds. The second kappa shape index (κ2) is 7.69. The third kappa shape index (κ3) is 3.86. The van der Waals surface area contributed by atoms with Crippen LogP contribution < -0.4 is 0 Å². The van der Waals surface area contributed by atoms with Crippen LogP contribution in [-0.4, -0.2) is 27.2 Å². The van der Waals surface area contributed by atoms with E-state index >= 15 is 0 Å². The predicted octanol–water partition coefficient (Wildman–Crippen LogP) is 6.07. The van der Waals surface area contributed by atoms with Crippen molar-refractivity contribution in [2.24, 2.45) is 40.4 Å². The lowest BCUT2D eigenvalue weighted by Crippen LogP contribution is -2.55. The summed E-state index contributed by atoms with van der Waals surface area (Å²) >= 11 is 0. The van der Waals surface area contributed by atoms with Crippen LogP contribution in [0.2, 0.25) is 0 Å². The minimum Gasteiger partial charge on any atom is -0.390 e. The molecule has 2 N–H and O–H groups in total. The van der Waals surface area contributed by atoms with Crippen molar-refractivity contribution in [3.63, 3.8) is 0 Å². The molecule has 4 aliphatic carbocycles. The van der Waals surface area contributed by atoms with Crippen LogP contribution >= 0.6 is 0 Å². The molecule has 0 saturated heterocycles. The molecule has 3 heteroatoms. The van der Waals surface area contributed by atoms with Crippen molar-refractivity contribution in [2.75, 3.05) is 0 Å². The normalized spacial score (nSPS) is 46.1. The molecule has 0 aliphatic heterocycles. The van der Waals surface area contributed by atoms with Crippen LogP contribution in [0, 0.1) is 40.4 Å². The molecule has 0 aromatic rings. The molecule has 4 aliphatic rings. The second-order valence-corrected chi connectivity index (χ2v) is 13.0. The lowest BCUT2D eigenvalue weighted by Gasteiger charge is -2.58. The first-order chi connectivity index (χ1) is 14.3. The fourth-order valence-electron chi connectivity index (χ4n) is 8.52. The number of allylic oxidation sites excluding steroid dienone is 1. The summed E-state index contributed by atoms with van der Waals surface area (Å²) in [6, 6.07) is 0. The van der Waals surface area contributed by atoms with E-state index in [1.54, 1.807) is 0 Å². The summed E-state index contributed by atoms with van der Waals surface area (Å²) in [7, 11) is 0. The highest BCUT2D eigenvalue weighted by Crippen LogP contribution is 2.67. The fourth-order valence-corrected chi connectivity index (χ4v) is 8.52. The van der Waals surface area contributed by atoms with E-state index in [9.17, 15) is 15.0 Å². The Morgan fingerprint density at radius 2 is 1.84 bits per heavy atom. The van der Waals surface area contributed by atoms with E-state index in [-0.39, 0.29) is 16.7 Å². The first-order valence-corrected chi connectivity index (χ1v) is 13.0. The van der Waals surface area contributed by atoms with Crippen molar-refractivity contribution in [3.8, 4) is 0 Å². The van der Waals surface area contributed by atoms with Gasteiger partial charge in [-0.15, -0.1) is 0 Å². The molecule has 3 nitrogen and oxygen atoms in total. The molecular weight excluding hydrogens is 384 g/mol. The maximum Gasteiger partial charge on any atom is 0.159 e. The van der Waals surface area contributed by atoms with E-state index in [4.69, 9.17) is 0 Å². The van der Waals surface area contributed by atoms with Crippen molar-refractivity contribution in [1.82, 2.24) is 0 Å². The number of ketones is 1. The third-order valence-corrected chi connectivity index (χ3v) is 10.7. The van der Waals surface area contributed by atoms with Gasteiger partial charge in [-0.2, -0.15) is 0 Å². The first-order valence-electron chi connectivity index (χ1n) is 13.0. The van der Waals surface area contributed by atoms with Crippen LogP contribution in [-0.2, 0) is 4.79 Å². The van der Waals surface area contributed by atoms with Crippen LogP contribution in [0.25, 0.3) is 0 Å². The molecule has 0 aromatic carbocycles. The number of hydrogen-bond donors (Lipinski definition) is 2. The molecular formula is C28H46O3. The van der Waals surface area contributed by atoms with Gasteiger partial charge in [-0.3, -0.25) is 4.79 Å².